The van der Waals surface area contributed by atoms with Crippen LogP contribution in [0.3, 0.4) is 0 Å². The molecule has 21 heavy (non-hydrogen) atoms. The van der Waals surface area contributed by atoms with E-state index in [4.69, 9.17) is 17.3 Å². The van der Waals surface area contributed by atoms with E-state index in [-0.39, 0.29) is 11.1 Å². The summed E-state index contributed by atoms with van der Waals surface area (Å²) in [5, 5.41) is 0.0528. The second-order valence-corrected chi connectivity index (χ2v) is 6.36. The van der Waals surface area contributed by atoms with Crippen molar-refractivity contribution in [3.63, 3.8) is 0 Å². The van der Waals surface area contributed by atoms with Crippen LogP contribution in [0.25, 0.3) is 0 Å². The highest BCUT2D eigenvalue weighted by Crippen LogP contribution is 2.40. The topological polar surface area (TPSA) is 42.1 Å². The zero-order chi connectivity index (χ0) is 15.2. The second-order valence-electron chi connectivity index (χ2n) is 5.95. The quantitative estimate of drug-likeness (QED) is 0.863. The Morgan fingerprint density at radius 3 is 2.67 bits per heavy atom. The second kappa shape index (κ2) is 5.32. The van der Waals surface area contributed by atoms with Gasteiger partial charge < -0.3 is 10.6 Å². The minimum Gasteiger partial charge on any atom is -0.355 e. The van der Waals surface area contributed by atoms with Crippen LogP contribution < -0.4 is 10.6 Å². The highest BCUT2D eigenvalue weighted by molar-refractivity contribution is 6.33. The molecule has 1 saturated heterocycles. The number of rotatable bonds is 1. The summed E-state index contributed by atoms with van der Waals surface area (Å²) in [5.41, 5.74) is 5.34. The number of hydrogen-bond acceptors (Lipinski definition) is 3. The minimum absolute atomic E-state index is 0.0528. The predicted octanol–water partition coefficient (Wildman–Crippen LogP) is 3.32. The summed E-state index contributed by atoms with van der Waals surface area (Å²) < 4.78 is 37.9. The third-order valence-electron chi connectivity index (χ3n) is 4.60. The first-order valence-electron chi connectivity index (χ1n) is 7.09. The molecular weight excluding hydrogens is 303 g/mol. The van der Waals surface area contributed by atoms with Crippen LogP contribution >= 0.6 is 11.6 Å². The molecule has 2 N–H and O–H groups in total. The number of aromatic nitrogens is 1. The maximum absolute atomic E-state index is 12.6. The lowest BCUT2D eigenvalue weighted by molar-refractivity contribution is -0.137. The van der Waals surface area contributed by atoms with E-state index in [1.165, 1.54) is 0 Å². The van der Waals surface area contributed by atoms with Gasteiger partial charge in [0.15, 0.2) is 0 Å². The van der Waals surface area contributed by atoms with E-state index >= 15 is 0 Å². The fourth-order valence-corrected chi connectivity index (χ4v) is 3.79. The maximum atomic E-state index is 12.6. The highest BCUT2D eigenvalue weighted by atomic mass is 35.5. The molecule has 0 amide bonds. The summed E-state index contributed by atoms with van der Waals surface area (Å²) >= 11 is 6.01. The normalized spacial score (nSPS) is 29.6. The van der Waals surface area contributed by atoms with E-state index in [1.54, 1.807) is 0 Å². The zero-order valence-electron chi connectivity index (χ0n) is 11.4. The summed E-state index contributed by atoms with van der Waals surface area (Å²) in [6.07, 6.45) is -0.319. The van der Waals surface area contributed by atoms with Crippen molar-refractivity contribution in [1.82, 2.24) is 4.98 Å². The molecule has 3 atom stereocenters. The van der Waals surface area contributed by atoms with E-state index in [0.29, 0.717) is 17.7 Å². The fourth-order valence-electron chi connectivity index (χ4n) is 3.51. The van der Waals surface area contributed by atoms with Crippen LogP contribution in [0.1, 0.15) is 24.8 Å². The van der Waals surface area contributed by atoms with Crippen molar-refractivity contribution < 1.29 is 13.2 Å². The molecule has 3 unspecified atom stereocenters. The number of nitrogens with two attached hydrogens (primary N) is 1. The number of nitrogens with zero attached hydrogens (tertiary/aromatic N) is 2. The maximum Gasteiger partial charge on any atom is 0.417 e. The number of alkyl halides is 3. The summed E-state index contributed by atoms with van der Waals surface area (Å²) in [6, 6.07) is 1.12. The molecule has 1 aliphatic carbocycles. The number of hydrogen-bond donors (Lipinski definition) is 1. The van der Waals surface area contributed by atoms with E-state index in [1.807, 2.05) is 4.90 Å². The van der Waals surface area contributed by atoms with Crippen LogP contribution in [-0.2, 0) is 6.18 Å². The SMILES string of the molecule is NC1CCCC2CN(c3ncc(C(F)(F)F)cc3Cl)CC12. The molecule has 1 aliphatic heterocycles. The molecule has 2 fully saturated rings. The standard InChI is InChI=1S/C14H17ClF3N3/c15-11-4-9(14(16,17)18)5-20-13(11)21-6-8-2-1-3-12(19)10(8)7-21/h4-5,8,10,12H,1-3,6-7,19H2. The van der Waals surface area contributed by atoms with Crippen LogP contribution in [0.15, 0.2) is 12.3 Å². The van der Waals surface area contributed by atoms with Crippen molar-refractivity contribution in [2.24, 2.45) is 17.6 Å². The first kappa shape index (κ1) is 14.9. The molecule has 0 bridgehead atoms. The van der Waals surface area contributed by atoms with Gasteiger partial charge >= 0.3 is 6.18 Å². The minimum atomic E-state index is -4.42. The molecule has 0 aromatic carbocycles. The zero-order valence-corrected chi connectivity index (χ0v) is 12.2. The monoisotopic (exact) mass is 319 g/mol. The van der Waals surface area contributed by atoms with Crippen molar-refractivity contribution in [2.45, 2.75) is 31.5 Å². The lowest BCUT2D eigenvalue weighted by Gasteiger charge is -2.29. The number of anilines is 1. The Kier molecular flexibility index (Phi) is 3.78. The molecule has 3 nitrogen and oxygen atoms in total. The molecule has 1 aromatic rings. The molecule has 0 radical (unpaired) electrons. The van der Waals surface area contributed by atoms with Crippen LogP contribution in [0, 0.1) is 11.8 Å². The third kappa shape index (κ3) is 2.83. The van der Waals surface area contributed by atoms with Gasteiger partial charge in [0.25, 0.3) is 0 Å². The van der Waals surface area contributed by atoms with Crippen molar-refractivity contribution in [3.8, 4) is 0 Å². The van der Waals surface area contributed by atoms with Gasteiger partial charge in [-0.3, -0.25) is 0 Å². The summed E-state index contributed by atoms with van der Waals surface area (Å²) in [4.78, 5) is 5.92. The van der Waals surface area contributed by atoms with Gasteiger partial charge in [-0.25, -0.2) is 4.98 Å². The Hall–Kier alpha value is -1.01. The lowest BCUT2D eigenvalue weighted by atomic mass is 9.78. The molecule has 116 valence electrons. The van der Waals surface area contributed by atoms with E-state index in [0.717, 1.165) is 44.6 Å². The number of halogens is 4. The average molecular weight is 320 g/mol. The Balaban J connectivity index is 1.82. The van der Waals surface area contributed by atoms with E-state index in [9.17, 15) is 13.2 Å². The molecule has 0 spiro atoms. The molecule has 1 aromatic heterocycles. The van der Waals surface area contributed by atoms with Gasteiger partial charge in [-0.15, -0.1) is 0 Å². The van der Waals surface area contributed by atoms with Gasteiger partial charge in [0, 0.05) is 25.3 Å². The Morgan fingerprint density at radius 1 is 1.29 bits per heavy atom. The van der Waals surface area contributed by atoms with Gasteiger partial charge in [0.1, 0.15) is 5.82 Å². The molecule has 7 heteroatoms. The largest absolute Gasteiger partial charge is 0.417 e. The van der Waals surface area contributed by atoms with Gasteiger partial charge in [0.2, 0.25) is 0 Å². The van der Waals surface area contributed by atoms with Crippen LogP contribution in [0.4, 0.5) is 19.0 Å². The summed E-state index contributed by atoms with van der Waals surface area (Å²) in [5.74, 6) is 1.32. The van der Waals surface area contributed by atoms with Crippen LogP contribution in [-0.4, -0.2) is 24.1 Å². The Bertz CT molecular complexity index is 535. The summed E-state index contributed by atoms with van der Waals surface area (Å²) in [7, 11) is 0. The fraction of sp³-hybridized carbons (Fsp3) is 0.643. The van der Waals surface area contributed by atoms with Crippen molar-refractivity contribution in [2.75, 3.05) is 18.0 Å². The first-order valence-corrected chi connectivity index (χ1v) is 7.47. The van der Waals surface area contributed by atoms with Crippen LogP contribution in [0.2, 0.25) is 5.02 Å². The predicted molar refractivity (Wildman–Crippen MR) is 75.3 cm³/mol. The van der Waals surface area contributed by atoms with Crippen LogP contribution in [0.5, 0.6) is 0 Å². The van der Waals surface area contributed by atoms with Gasteiger partial charge in [0.05, 0.1) is 10.6 Å². The average Bonchev–Trinajstić information content (AvgIpc) is 2.82. The van der Waals surface area contributed by atoms with E-state index < -0.39 is 11.7 Å². The molecular formula is C14H17ClF3N3. The Morgan fingerprint density at radius 2 is 2.05 bits per heavy atom. The third-order valence-corrected chi connectivity index (χ3v) is 4.88. The molecule has 2 heterocycles. The molecule has 1 saturated carbocycles. The lowest BCUT2D eigenvalue weighted by Crippen LogP contribution is -2.38. The van der Waals surface area contributed by atoms with E-state index in [2.05, 4.69) is 4.98 Å². The van der Waals surface area contributed by atoms with Gasteiger partial charge in [-0.1, -0.05) is 18.0 Å². The molecule has 2 aliphatic rings. The van der Waals surface area contributed by atoms with Crippen molar-refractivity contribution in [1.29, 1.82) is 0 Å². The number of fused-ring (bicyclic) bond motifs is 1. The molecule has 3 rings (SSSR count). The summed E-state index contributed by atoms with van der Waals surface area (Å²) in [6.45, 7) is 1.50. The Labute approximate surface area is 126 Å². The van der Waals surface area contributed by atoms with Gasteiger partial charge in [-0.2, -0.15) is 13.2 Å². The highest BCUT2D eigenvalue weighted by Gasteiger charge is 2.40. The van der Waals surface area contributed by atoms with Crippen molar-refractivity contribution in [3.05, 3.63) is 22.8 Å². The first-order chi connectivity index (χ1) is 9.86. The number of pyridine rings is 1. The van der Waals surface area contributed by atoms with Crippen molar-refractivity contribution >= 4 is 17.4 Å². The van der Waals surface area contributed by atoms with Gasteiger partial charge in [-0.05, 0) is 30.7 Å². The smallest absolute Gasteiger partial charge is 0.355 e.